The van der Waals surface area contributed by atoms with Crippen LogP contribution in [-0.2, 0) is 14.4 Å². The van der Waals surface area contributed by atoms with E-state index in [2.05, 4.69) is 10.6 Å². The van der Waals surface area contributed by atoms with Crippen molar-refractivity contribution >= 4 is 45.6 Å². The second kappa shape index (κ2) is 7.75. The Morgan fingerprint density at radius 1 is 0.897 bits per heavy atom. The molecule has 1 unspecified atom stereocenters. The zero-order valence-corrected chi connectivity index (χ0v) is 16.0. The largest absolute Gasteiger partial charge is 0.326 e. The minimum Gasteiger partial charge on any atom is -0.326 e. The fourth-order valence-corrected chi connectivity index (χ4v) is 3.64. The van der Waals surface area contributed by atoms with Gasteiger partial charge in [0.1, 0.15) is 0 Å². The van der Waals surface area contributed by atoms with Crippen molar-refractivity contribution in [1.29, 1.82) is 0 Å². The molecule has 0 aromatic heterocycles. The average Bonchev–Trinajstić information content (AvgIpc) is 3.10. The Kier molecular flexibility index (Phi) is 4.99. The van der Waals surface area contributed by atoms with Crippen LogP contribution in [0.1, 0.15) is 13.3 Å². The van der Waals surface area contributed by atoms with Gasteiger partial charge in [0.25, 0.3) is 0 Å². The van der Waals surface area contributed by atoms with Crippen LogP contribution in [0, 0.1) is 5.92 Å². The minimum absolute atomic E-state index is 0.0532. The molecule has 0 spiro atoms. The number of nitrogens with one attached hydrogen (secondary N) is 2. The number of carbonyl (C=O) groups is 3. The van der Waals surface area contributed by atoms with Crippen molar-refractivity contribution in [2.75, 3.05) is 22.1 Å². The lowest BCUT2D eigenvalue weighted by Crippen LogP contribution is -2.28. The summed E-state index contributed by atoms with van der Waals surface area (Å²) in [5.41, 5.74) is 2.12. The predicted octanol–water partition coefficient (Wildman–Crippen LogP) is 3.79. The number of hydrogen-bond acceptors (Lipinski definition) is 3. The molecular weight excluding hydrogens is 366 g/mol. The Morgan fingerprint density at radius 2 is 1.55 bits per heavy atom. The molecule has 1 saturated heterocycles. The number of hydrogen-bond donors (Lipinski definition) is 2. The van der Waals surface area contributed by atoms with Gasteiger partial charge in [0.2, 0.25) is 17.7 Å². The predicted molar refractivity (Wildman–Crippen MR) is 114 cm³/mol. The van der Waals surface area contributed by atoms with E-state index in [9.17, 15) is 14.4 Å². The van der Waals surface area contributed by atoms with Crippen molar-refractivity contribution in [2.45, 2.75) is 13.3 Å². The van der Waals surface area contributed by atoms with E-state index in [0.717, 1.165) is 16.5 Å². The van der Waals surface area contributed by atoms with Crippen molar-refractivity contribution in [3.63, 3.8) is 0 Å². The van der Waals surface area contributed by atoms with Crippen LogP contribution in [0.4, 0.5) is 17.1 Å². The molecule has 29 heavy (non-hydrogen) atoms. The van der Waals surface area contributed by atoms with Gasteiger partial charge in [-0.05, 0) is 35.7 Å². The summed E-state index contributed by atoms with van der Waals surface area (Å²) in [5, 5.41) is 7.60. The summed E-state index contributed by atoms with van der Waals surface area (Å²) in [4.78, 5) is 38.1. The van der Waals surface area contributed by atoms with Crippen molar-refractivity contribution in [1.82, 2.24) is 0 Å². The molecule has 1 fully saturated rings. The fourth-order valence-electron chi connectivity index (χ4n) is 3.64. The lowest BCUT2D eigenvalue weighted by molar-refractivity contribution is -0.122. The fraction of sp³-hybridized carbons (Fsp3) is 0.174. The molecule has 146 valence electrons. The van der Waals surface area contributed by atoms with E-state index in [1.807, 2.05) is 42.5 Å². The molecule has 0 radical (unpaired) electrons. The van der Waals surface area contributed by atoms with E-state index >= 15 is 0 Å². The highest BCUT2D eigenvalue weighted by molar-refractivity contribution is 6.08. The topological polar surface area (TPSA) is 78.5 Å². The summed E-state index contributed by atoms with van der Waals surface area (Å²) in [6.45, 7) is 1.79. The quantitative estimate of drug-likeness (QED) is 0.715. The molecule has 1 heterocycles. The van der Waals surface area contributed by atoms with Crippen molar-refractivity contribution in [3.05, 3.63) is 66.7 Å². The first-order chi connectivity index (χ1) is 14.0. The highest BCUT2D eigenvalue weighted by Crippen LogP contribution is 2.32. The molecule has 6 nitrogen and oxygen atoms in total. The second-order valence-electron chi connectivity index (χ2n) is 7.15. The van der Waals surface area contributed by atoms with E-state index in [1.54, 1.807) is 29.2 Å². The molecular formula is C23H21N3O3. The van der Waals surface area contributed by atoms with Crippen LogP contribution in [0.2, 0.25) is 0 Å². The van der Waals surface area contributed by atoms with Crippen LogP contribution >= 0.6 is 0 Å². The van der Waals surface area contributed by atoms with Gasteiger partial charge >= 0.3 is 0 Å². The molecule has 1 aliphatic heterocycles. The minimum atomic E-state index is -0.420. The Bertz CT molecular complexity index is 1090. The number of carbonyl (C=O) groups excluding carboxylic acids is 3. The second-order valence-corrected chi connectivity index (χ2v) is 7.15. The molecule has 2 N–H and O–H groups in total. The standard InChI is InChI=1S/C23H21N3O3/c1-15(27)24-18-9-11-19(12-10-18)25-23(29)17-13-22(28)26(14-17)21-8-4-6-16-5-2-3-7-20(16)21/h2-12,17H,13-14H2,1H3,(H,24,27)(H,25,29). The lowest BCUT2D eigenvalue weighted by atomic mass is 10.1. The van der Waals surface area contributed by atoms with E-state index in [1.165, 1.54) is 6.92 Å². The summed E-state index contributed by atoms with van der Waals surface area (Å²) in [6.07, 6.45) is 0.180. The zero-order valence-electron chi connectivity index (χ0n) is 16.0. The monoisotopic (exact) mass is 387 g/mol. The highest BCUT2D eigenvalue weighted by Gasteiger charge is 2.35. The number of rotatable bonds is 4. The maximum atomic E-state index is 12.7. The van der Waals surface area contributed by atoms with Crippen LogP contribution in [0.5, 0.6) is 0 Å². The van der Waals surface area contributed by atoms with Gasteiger partial charge < -0.3 is 15.5 Å². The molecule has 4 rings (SSSR count). The molecule has 0 aliphatic carbocycles. The molecule has 6 heteroatoms. The van der Waals surface area contributed by atoms with E-state index < -0.39 is 5.92 Å². The molecule has 1 aliphatic rings. The van der Waals surface area contributed by atoms with Crippen LogP contribution in [0.15, 0.2) is 66.7 Å². The van der Waals surface area contributed by atoms with E-state index in [0.29, 0.717) is 17.9 Å². The van der Waals surface area contributed by atoms with Gasteiger partial charge in [-0.3, -0.25) is 14.4 Å². The molecule has 1 atom stereocenters. The number of anilines is 3. The summed E-state index contributed by atoms with van der Waals surface area (Å²) in [7, 11) is 0. The third kappa shape index (κ3) is 3.96. The number of benzene rings is 3. The van der Waals surface area contributed by atoms with Gasteiger partial charge in [-0.15, -0.1) is 0 Å². The van der Waals surface area contributed by atoms with E-state index in [4.69, 9.17) is 0 Å². The average molecular weight is 387 g/mol. The van der Waals surface area contributed by atoms with Crippen molar-refractivity contribution < 1.29 is 14.4 Å². The first kappa shape index (κ1) is 18.7. The lowest BCUT2D eigenvalue weighted by Gasteiger charge is -2.19. The van der Waals surface area contributed by atoms with Crippen LogP contribution in [0.3, 0.4) is 0 Å². The van der Waals surface area contributed by atoms with Crippen LogP contribution in [-0.4, -0.2) is 24.3 Å². The smallest absolute Gasteiger partial charge is 0.229 e. The highest BCUT2D eigenvalue weighted by atomic mass is 16.2. The summed E-state index contributed by atoms with van der Waals surface area (Å²) in [5.74, 6) is -0.813. The van der Waals surface area contributed by atoms with Gasteiger partial charge in [0.15, 0.2) is 0 Å². The third-order valence-corrected chi connectivity index (χ3v) is 5.03. The summed E-state index contributed by atoms with van der Waals surface area (Å²) >= 11 is 0. The molecule has 3 aromatic carbocycles. The third-order valence-electron chi connectivity index (χ3n) is 5.03. The first-order valence-electron chi connectivity index (χ1n) is 9.48. The maximum Gasteiger partial charge on any atom is 0.229 e. The Morgan fingerprint density at radius 3 is 2.28 bits per heavy atom. The van der Waals surface area contributed by atoms with Gasteiger partial charge in [0.05, 0.1) is 11.6 Å². The molecule has 3 amide bonds. The summed E-state index contributed by atoms with van der Waals surface area (Å²) < 4.78 is 0. The molecule has 3 aromatic rings. The van der Waals surface area contributed by atoms with Gasteiger partial charge in [-0.2, -0.15) is 0 Å². The van der Waals surface area contributed by atoms with Crippen molar-refractivity contribution in [2.24, 2.45) is 5.92 Å². The number of amides is 3. The van der Waals surface area contributed by atoms with E-state index in [-0.39, 0.29) is 24.1 Å². The molecule has 0 bridgehead atoms. The van der Waals surface area contributed by atoms with Gasteiger partial charge in [-0.1, -0.05) is 36.4 Å². The zero-order chi connectivity index (χ0) is 20.4. The Balaban J connectivity index is 1.47. The Labute approximate surface area is 168 Å². The number of nitrogens with zero attached hydrogens (tertiary/aromatic N) is 1. The van der Waals surface area contributed by atoms with Crippen LogP contribution < -0.4 is 15.5 Å². The maximum absolute atomic E-state index is 12.7. The first-order valence-corrected chi connectivity index (χ1v) is 9.48. The Hall–Kier alpha value is -3.67. The number of fused-ring (bicyclic) bond motifs is 1. The van der Waals surface area contributed by atoms with Gasteiger partial charge in [0, 0.05) is 36.7 Å². The SMILES string of the molecule is CC(=O)Nc1ccc(NC(=O)C2CC(=O)N(c3cccc4ccccc34)C2)cc1. The van der Waals surface area contributed by atoms with Gasteiger partial charge in [-0.25, -0.2) is 0 Å². The van der Waals surface area contributed by atoms with Crippen LogP contribution in [0.25, 0.3) is 10.8 Å². The summed E-state index contributed by atoms with van der Waals surface area (Å²) in [6, 6.07) is 20.6. The van der Waals surface area contributed by atoms with Crippen molar-refractivity contribution in [3.8, 4) is 0 Å². The normalized spacial score (nSPS) is 16.1. The molecule has 0 saturated carbocycles.